The van der Waals surface area contributed by atoms with Crippen LogP contribution in [0.25, 0.3) is 0 Å². The fourth-order valence-electron chi connectivity index (χ4n) is 1.77. The standard InChI is InChI=1S/C11H18N2S/c1-9-8-14-11(13-9)7-12-6-5-10-3-2-4-10/h8,10,12H,2-7H2,1H3. The minimum absolute atomic E-state index is 0.950. The molecule has 0 radical (unpaired) electrons. The van der Waals surface area contributed by atoms with E-state index in [1.807, 2.05) is 6.92 Å². The molecular formula is C11H18N2S. The van der Waals surface area contributed by atoms with E-state index in [2.05, 4.69) is 15.7 Å². The summed E-state index contributed by atoms with van der Waals surface area (Å²) >= 11 is 1.75. The first kappa shape index (κ1) is 10.1. The maximum Gasteiger partial charge on any atom is 0.107 e. The van der Waals surface area contributed by atoms with Crippen LogP contribution in [0.5, 0.6) is 0 Å². The lowest BCUT2D eigenvalue weighted by atomic mass is 9.83. The largest absolute Gasteiger partial charge is 0.310 e. The van der Waals surface area contributed by atoms with Crippen LogP contribution in [0.15, 0.2) is 5.38 Å². The van der Waals surface area contributed by atoms with Crippen LogP contribution in [0.2, 0.25) is 0 Å². The van der Waals surface area contributed by atoms with Crippen LogP contribution in [-0.4, -0.2) is 11.5 Å². The van der Waals surface area contributed by atoms with Gasteiger partial charge in [-0.25, -0.2) is 4.98 Å². The summed E-state index contributed by atoms with van der Waals surface area (Å²) in [5, 5.41) is 6.79. The Kier molecular flexibility index (Phi) is 3.54. The van der Waals surface area contributed by atoms with Crippen molar-refractivity contribution in [2.75, 3.05) is 6.54 Å². The van der Waals surface area contributed by atoms with E-state index in [9.17, 15) is 0 Å². The second kappa shape index (κ2) is 4.89. The van der Waals surface area contributed by atoms with Crippen molar-refractivity contribution >= 4 is 11.3 Å². The van der Waals surface area contributed by atoms with Gasteiger partial charge in [0.05, 0.1) is 0 Å². The SMILES string of the molecule is Cc1csc(CNCCC2CCC2)n1. The van der Waals surface area contributed by atoms with Gasteiger partial charge < -0.3 is 5.32 Å². The summed E-state index contributed by atoms with van der Waals surface area (Å²) < 4.78 is 0. The molecule has 1 aromatic heterocycles. The van der Waals surface area contributed by atoms with Gasteiger partial charge >= 0.3 is 0 Å². The van der Waals surface area contributed by atoms with Crippen LogP contribution in [0.4, 0.5) is 0 Å². The summed E-state index contributed by atoms with van der Waals surface area (Å²) in [6.45, 7) is 4.16. The lowest BCUT2D eigenvalue weighted by Gasteiger charge is -2.25. The molecule has 0 amide bonds. The van der Waals surface area contributed by atoms with Crippen molar-refractivity contribution in [3.8, 4) is 0 Å². The molecule has 0 atom stereocenters. The minimum Gasteiger partial charge on any atom is -0.310 e. The molecule has 0 saturated heterocycles. The number of nitrogens with one attached hydrogen (secondary N) is 1. The van der Waals surface area contributed by atoms with Gasteiger partial charge in [0.1, 0.15) is 5.01 Å². The maximum atomic E-state index is 4.42. The summed E-state index contributed by atoms with van der Waals surface area (Å²) in [7, 11) is 0. The normalized spacial score (nSPS) is 16.9. The smallest absolute Gasteiger partial charge is 0.107 e. The van der Waals surface area contributed by atoms with Crippen molar-refractivity contribution < 1.29 is 0 Å². The quantitative estimate of drug-likeness (QED) is 0.756. The Labute approximate surface area is 89.8 Å². The van der Waals surface area contributed by atoms with Crippen molar-refractivity contribution in [1.29, 1.82) is 0 Å². The molecule has 1 N–H and O–H groups in total. The van der Waals surface area contributed by atoms with Gasteiger partial charge in [-0.15, -0.1) is 11.3 Å². The zero-order valence-corrected chi connectivity index (χ0v) is 9.57. The minimum atomic E-state index is 0.950. The molecule has 0 spiro atoms. The van der Waals surface area contributed by atoms with Gasteiger partial charge in [-0.1, -0.05) is 19.3 Å². The van der Waals surface area contributed by atoms with Crippen molar-refractivity contribution in [3.63, 3.8) is 0 Å². The molecule has 0 aromatic carbocycles. The van der Waals surface area contributed by atoms with E-state index in [1.54, 1.807) is 11.3 Å². The Bertz CT molecular complexity index is 279. The molecular weight excluding hydrogens is 192 g/mol. The van der Waals surface area contributed by atoms with Crippen LogP contribution in [0, 0.1) is 12.8 Å². The van der Waals surface area contributed by atoms with E-state index in [1.165, 1.54) is 30.7 Å². The van der Waals surface area contributed by atoms with Crippen molar-refractivity contribution in [1.82, 2.24) is 10.3 Å². The first-order valence-corrected chi connectivity index (χ1v) is 6.34. The van der Waals surface area contributed by atoms with Gasteiger partial charge in [-0.05, 0) is 25.8 Å². The van der Waals surface area contributed by atoms with E-state index in [-0.39, 0.29) is 0 Å². The topological polar surface area (TPSA) is 24.9 Å². The Morgan fingerprint density at radius 2 is 2.43 bits per heavy atom. The van der Waals surface area contributed by atoms with Gasteiger partial charge in [0.15, 0.2) is 0 Å². The number of rotatable bonds is 5. The molecule has 2 nitrogen and oxygen atoms in total. The molecule has 1 heterocycles. The number of aromatic nitrogens is 1. The van der Waals surface area contributed by atoms with Gasteiger partial charge in [-0.2, -0.15) is 0 Å². The second-order valence-electron chi connectivity index (χ2n) is 4.15. The van der Waals surface area contributed by atoms with Crippen LogP contribution >= 0.6 is 11.3 Å². The zero-order chi connectivity index (χ0) is 9.80. The molecule has 0 aliphatic heterocycles. The van der Waals surface area contributed by atoms with E-state index in [0.29, 0.717) is 0 Å². The molecule has 2 rings (SSSR count). The molecule has 1 aliphatic rings. The predicted molar refractivity (Wildman–Crippen MR) is 60.5 cm³/mol. The summed E-state index contributed by atoms with van der Waals surface area (Å²) in [5.41, 5.74) is 1.14. The highest BCUT2D eigenvalue weighted by Crippen LogP contribution is 2.28. The first-order chi connectivity index (χ1) is 6.84. The molecule has 1 fully saturated rings. The fraction of sp³-hybridized carbons (Fsp3) is 0.727. The highest BCUT2D eigenvalue weighted by Gasteiger charge is 2.16. The average molecular weight is 210 g/mol. The van der Waals surface area contributed by atoms with E-state index in [4.69, 9.17) is 0 Å². The molecule has 78 valence electrons. The number of hydrogen-bond donors (Lipinski definition) is 1. The van der Waals surface area contributed by atoms with E-state index in [0.717, 1.165) is 24.7 Å². The maximum absolute atomic E-state index is 4.42. The highest BCUT2D eigenvalue weighted by atomic mass is 32.1. The third-order valence-corrected chi connectivity index (χ3v) is 3.86. The molecule has 3 heteroatoms. The monoisotopic (exact) mass is 210 g/mol. The Morgan fingerprint density at radius 3 is 3.00 bits per heavy atom. The molecule has 0 bridgehead atoms. The van der Waals surface area contributed by atoms with E-state index >= 15 is 0 Å². The van der Waals surface area contributed by atoms with Crippen LogP contribution < -0.4 is 5.32 Å². The third kappa shape index (κ3) is 2.79. The molecule has 0 unspecified atom stereocenters. The number of aryl methyl sites for hydroxylation is 1. The first-order valence-electron chi connectivity index (χ1n) is 5.46. The Balaban J connectivity index is 1.58. The number of nitrogens with zero attached hydrogens (tertiary/aromatic N) is 1. The summed E-state index contributed by atoms with van der Waals surface area (Å²) in [4.78, 5) is 4.42. The molecule has 14 heavy (non-hydrogen) atoms. The summed E-state index contributed by atoms with van der Waals surface area (Å²) in [6, 6.07) is 0. The van der Waals surface area contributed by atoms with Crippen molar-refractivity contribution in [3.05, 3.63) is 16.1 Å². The van der Waals surface area contributed by atoms with E-state index < -0.39 is 0 Å². The summed E-state index contributed by atoms with van der Waals surface area (Å²) in [6.07, 6.45) is 5.72. The van der Waals surface area contributed by atoms with Gasteiger partial charge in [0.2, 0.25) is 0 Å². The highest BCUT2D eigenvalue weighted by molar-refractivity contribution is 7.09. The molecule has 1 aliphatic carbocycles. The zero-order valence-electron chi connectivity index (χ0n) is 8.75. The fourth-order valence-corrected chi connectivity index (χ4v) is 2.51. The van der Waals surface area contributed by atoms with Crippen LogP contribution in [-0.2, 0) is 6.54 Å². The lowest BCUT2D eigenvalue weighted by molar-refractivity contribution is 0.292. The van der Waals surface area contributed by atoms with Gasteiger partial charge in [0, 0.05) is 17.6 Å². The lowest BCUT2D eigenvalue weighted by Crippen LogP contribution is -2.20. The van der Waals surface area contributed by atoms with Crippen molar-refractivity contribution in [2.45, 2.75) is 39.2 Å². The predicted octanol–water partition coefficient (Wildman–Crippen LogP) is 2.73. The number of hydrogen-bond acceptors (Lipinski definition) is 3. The van der Waals surface area contributed by atoms with Crippen LogP contribution in [0.1, 0.15) is 36.4 Å². The second-order valence-corrected chi connectivity index (χ2v) is 5.09. The molecule has 1 saturated carbocycles. The summed E-state index contributed by atoms with van der Waals surface area (Å²) in [5.74, 6) is 1.01. The third-order valence-electron chi connectivity index (χ3n) is 2.90. The Morgan fingerprint density at radius 1 is 1.57 bits per heavy atom. The van der Waals surface area contributed by atoms with Gasteiger partial charge in [-0.3, -0.25) is 0 Å². The van der Waals surface area contributed by atoms with Crippen LogP contribution in [0.3, 0.4) is 0 Å². The van der Waals surface area contributed by atoms with Crippen molar-refractivity contribution in [2.24, 2.45) is 5.92 Å². The van der Waals surface area contributed by atoms with Gasteiger partial charge in [0.25, 0.3) is 0 Å². The number of thiazole rings is 1. The average Bonchev–Trinajstić information content (AvgIpc) is 2.48. The molecule has 1 aromatic rings. The Hall–Kier alpha value is -0.410.